The van der Waals surface area contributed by atoms with E-state index in [2.05, 4.69) is 33.4 Å². The highest BCUT2D eigenvalue weighted by Crippen LogP contribution is 2.28. The van der Waals surface area contributed by atoms with Crippen molar-refractivity contribution >= 4 is 27.9 Å². The molecule has 0 aliphatic carbocycles. The maximum absolute atomic E-state index is 11.8. The van der Waals surface area contributed by atoms with Gasteiger partial charge in [0.2, 0.25) is 5.91 Å². The van der Waals surface area contributed by atoms with Crippen LogP contribution in [0.15, 0.2) is 16.6 Å². The minimum absolute atomic E-state index is 0.354. The number of rotatable bonds is 2. The van der Waals surface area contributed by atoms with Crippen LogP contribution in [0.5, 0.6) is 0 Å². The van der Waals surface area contributed by atoms with E-state index in [4.69, 9.17) is 5.73 Å². The molecular weight excluding hydrogens is 322 g/mol. The highest BCUT2D eigenvalue weighted by molar-refractivity contribution is 9.10. The molecule has 5 nitrogen and oxygen atoms in total. The van der Waals surface area contributed by atoms with Gasteiger partial charge in [-0.3, -0.25) is 15.0 Å². The molecule has 1 aliphatic rings. The van der Waals surface area contributed by atoms with Gasteiger partial charge in [-0.2, -0.15) is 0 Å². The van der Waals surface area contributed by atoms with Gasteiger partial charge in [0.15, 0.2) is 0 Å². The van der Waals surface area contributed by atoms with Gasteiger partial charge in [-0.05, 0) is 43.0 Å². The smallest absolute Gasteiger partial charge is 0.318 e. The number of imide groups is 1. The lowest BCUT2D eigenvalue weighted by atomic mass is 9.96. The zero-order valence-corrected chi connectivity index (χ0v) is 13.2. The third-order valence-corrected chi connectivity index (χ3v) is 4.34. The van der Waals surface area contributed by atoms with Crippen molar-refractivity contribution in [1.29, 1.82) is 0 Å². The van der Waals surface area contributed by atoms with Gasteiger partial charge in [-0.15, -0.1) is 0 Å². The summed E-state index contributed by atoms with van der Waals surface area (Å²) in [4.78, 5) is 24.6. The number of nitrogens with two attached hydrogens (primary N) is 1. The van der Waals surface area contributed by atoms with Gasteiger partial charge >= 0.3 is 6.03 Å². The van der Waals surface area contributed by atoms with E-state index in [1.54, 1.807) is 6.92 Å². The molecule has 20 heavy (non-hydrogen) atoms. The molecule has 108 valence electrons. The van der Waals surface area contributed by atoms with Crippen molar-refractivity contribution < 1.29 is 9.59 Å². The Balaban J connectivity index is 2.14. The number of benzene rings is 1. The highest BCUT2D eigenvalue weighted by Gasteiger charge is 2.26. The number of nitrogens with zero attached hydrogens (tertiary/aromatic N) is 1. The lowest BCUT2D eigenvalue weighted by Gasteiger charge is -2.33. The molecule has 0 saturated carbocycles. The molecule has 0 fully saturated rings. The number of primary amides is 1. The maximum atomic E-state index is 11.8. The van der Waals surface area contributed by atoms with Crippen molar-refractivity contribution in [3.05, 3.63) is 33.3 Å². The molecule has 0 saturated heterocycles. The first-order chi connectivity index (χ1) is 9.38. The van der Waals surface area contributed by atoms with Gasteiger partial charge < -0.3 is 5.73 Å². The van der Waals surface area contributed by atoms with Crippen molar-refractivity contribution in [2.75, 3.05) is 6.54 Å². The van der Waals surface area contributed by atoms with E-state index in [0.717, 1.165) is 17.4 Å². The van der Waals surface area contributed by atoms with Crippen LogP contribution in [0, 0.1) is 6.92 Å². The summed E-state index contributed by atoms with van der Waals surface area (Å²) in [5, 5.41) is 2.14. The van der Waals surface area contributed by atoms with E-state index in [1.165, 1.54) is 16.7 Å². The van der Waals surface area contributed by atoms with Crippen LogP contribution >= 0.6 is 15.9 Å². The number of aryl methyl sites for hydroxylation is 1. The van der Waals surface area contributed by atoms with Crippen molar-refractivity contribution in [2.45, 2.75) is 32.9 Å². The fraction of sp³-hybridized carbons (Fsp3) is 0.429. The summed E-state index contributed by atoms with van der Waals surface area (Å²) in [6.45, 7) is 5.31. The maximum Gasteiger partial charge on any atom is 0.318 e. The Bertz CT molecular complexity index is 560. The minimum atomic E-state index is -0.808. The lowest BCUT2D eigenvalue weighted by Crippen LogP contribution is -2.49. The molecule has 0 radical (unpaired) electrons. The van der Waals surface area contributed by atoms with Gasteiger partial charge in [0.1, 0.15) is 0 Å². The van der Waals surface area contributed by atoms with Crippen molar-refractivity contribution in [3.63, 3.8) is 0 Å². The normalized spacial score (nSPS) is 16.4. The van der Waals surface area contributed by atoms with Crippen LogP contribution in [0.4, 0.5) is 4.79 Å². The number of halogens is 1. The van der Waals surface area contributed by atoms with Gasteiger partial charge in [0.05, 0.1) is 6.04 Å². The molecule has 1 aromatic rings. The summed E-state index contributed by atoms with van der Waals surface area (Å²) in [6, 6.07) is 3.07. The average molecular weight is 340 g/mol. The molecule has 1 unspecified atom stereocenters. The van der Waals surface area contributed by atoms with E-state index < -0.39 is 6.03 Å². The summed E-state index contributed by atoms with van der Waals surface area (Å²) < 4.78 is 1.13. The second kappa shape index (κ2) is 5.93. The van der Waals surface area contributed by atoms with Crippen LogP contribution in [-0.2, 0) is 17.8 Å². The molecule has 1 aromatic carbocycles. The van der Waals surface area contributed by atoms with Crippen LogP contribution in [-0.4, -0.2) is 29.4 Å². The molecule has 0 aromatic heterocycles. The largest absolute Gasteiger partial charge is 0.351 e. The van der Waals surface area contributed by atoms with E-state index in [0.29, 0.717) is 6.54 Å². The third-order valence-electron chi connectivity index (χ3n) is 3.63. The number of urea groups is 1. The molecule has 3 N–H and O–H groups in total. The van der Waals surface area contributed by atoms with Crippen LogP contribution in [0.2, 0.25) is 0 Å². The van der Waals surface area contributed by atoms with Crippen molar-refractivity contribution in [2.24, 2.45) is 5.73 Å². The first-order valence-corrected chi connectivity index (χ1v) is 7.30. The van der Waals surface area contributed by atoms with Crippen molar-refractivity contribution in [1.82, 2.24) is 10.2 Å². The standard InChI is InChI=1S/C14H18BrN3O2/c1-8-5-10-7-18(4-3-11(10)12(15)6-8)9(2)13(19)17-14(16)20/h5-6,9H,3-4,7H2,1-2H3,(H3,16,17,19,20). The predicted molar refractivity (Wildman–Crippen MR) is 80.2 cm³/mol. The van der Waals surface area contributed by atoms with Crippen LogP contribution in [0.25, 0.3) is 0 Å². The first kappa shape index (κ1) is 15.0. The first-order valence-electron chi connectivity index (χ1n) is 6.50. The summed E-state index contributed by atoms with van der Waals surface area (Å²) in [5.41, 5.74) is 8.69. The van der Waals surface area contributed by atoms with Crippen LogP contribution in [0.3, 0.4) is 0 Å². The fourth-order valence-corrected chi connectivity index (χ4v) is 3.35. The van der Waals surface area contributed by atoms with Crippen LogP contribution in [0.1, 0.15) is 23.6 Å². The minimum Gasteiger partial charge on any atom is -0.351 e. The highest BCUT2D eigenvalue weighted by atomic mass is 79.9. The number of carbonyl (C=O) groups excluding carboxylic acids is 2. The molecule has 1 atom stereocenters. The Morgan fingerprint density at radius 1 is 1.45 bits per heavy atom. The van der Waals surface area contributed by atoms with E-state index >= 15 is 0 Å². The Morgan fingerprint density at radius 2 is 2.15 bits per heavy atom. The molecule has 0 bridgehead atoms. The van der Waals surface area contributed by atoms with E-state index in [-0.39, 0.29) is 11.9 Å². The number of hydrogen-bond donors (Lipinski definition) is 2. The molecule has 1 heterocycles. The fourth-order valence-electron chi connectivity index (χ4n) is 2.54. The van der Waals surface area contributed by atoms with Gasteiger partial charge in [-0.1, -0.05) is 22.0 Å². The monoisotopic (exact) mass is 339 g/mol. The molecule has 6 heteroatoms. The second-order valence-corrected chi connectivity index (χ2v) is 5.99. The number of hydrogen-bond acceptors (Lipinski definition) is 3. The van der Waals surface area contributed by atoms with Crippen molar-refractivity contribution in [3.8, 4) is 0 Å². The summed E-state index contributed by atoms with van der Waals surface area (Å²) in [6.07, 6.45) is 0.879. The third kappa shape index (κ3) is 3.19. The number of nitrogens with one attached hydrogen (secondary N) is 1. The van der Waals surface area contributed by atoms with Gasteiger partial charge in [0, 0.05) is 17.6 Å². The van der Waals surface area contributed by atoms with E-state index in [9.17, 15) is 9.59 Å². The Kier molecular flexibility index (Phi) is 4.45. The average Bonchev–Trinajstić information content (AvgIpc) is 2.36. The Labute approximate surface area is 126 Å². The number of fused-ring (bicyclic) bond motifs is 1. The summed E-state index contributed by atoms with van der Waals surface area (Å²) in [7, 11) is 0. The number of carbonyl (C=O) groups is 2. The van der Waals surface area contributed by atoms with Crippen LogP contribution < -0.4 is 11.1 Å². The summed E-state index contributed by atoms with van der Waals surface area (Å²) in [5.74, 6) is -0.354. The Hall–Kier alpha value is -1.40. The van der Waals surface area contributed by atoms with E-state index in [1.807, 2.05) is 11.8 Å². The van der Waals surface area contributed by atoms with Gasteiger partial charge in [-0.25, -0.2) is 4.79 Å². The molecule has 2 rings (SSSR count). The predicted octanol–water partition coefficient (Wildman–Crippen LogP) is 1.70. The number of amides is 3. The molecule has 0 spiro atoms. The molecular formula is C14H18BrN3O2. The zero-order chi connectivity index (χ0) is 14.9. The van der Waals surface area contributed by atoms with Gasteiger partial charge in [0.25, 0.3) is 0 Å². The molecule has 1 aliphatic heterocycles. The summed E-state index contributed by atoms with van der Waals surface area (Å²) >= 11 is 3.59. The molecule has 3 amide bonds. The SMILES string of the molecule is Cc1cc(Br)c2c(c1)CN(C(C)C(=O)NC(N)=O)CC2. The topological polar surface area (TPSA) is 75.4 Å². The second-order valence-electron chi connectivity index (χ2n) is 5.13. The Morgan fingerprint density at radius 3 is 2.80 bits per heavy atom. The zero-order valence-electron chi connectivity index (χ0n) is 11.6. The lowest BCUT2D eigenvalue weighted by molar-refractivity contribution is -0.125. The quantitative estimate of drug-likeness (QED) is 0.860.